The highest BCUT2D eigenvalue weighted by Crippen LogP contribution is 2.56. The summed E-state index contributed by atoms with van der Waals surface area (Å²) in [5, 5.41) is 30.3. The standard InChI is InChI=1S/C23H25N5O2/c1-14(2)28-8-7-16-18(10-24)22(27)23(12-25,13-26)21(19(16)11-28)17-9-15(29-3)5-6-20(17)30-4/h5-7,9,14,19,21H,8,11,27H2,1-4H3. The number of nitrogens with zero attached hydrogens (tertiary/aromatic N) is 4. The van der Waals surface area contributed by atoms with Gasteiger partial charge >= 0.3 is 0 Å². The number of nitrogens with two attached hydrogens (primary N) is 1. The summed E-state index contributed by atoms with van der Waals surface area (Å²) in [6.45, 7) is 5.47. The molecule has 2 unspecified atom stereocenters. The van der Waals surface area contributed by atoms with Crippen molar-refractivity contribution >= 4 is 0 Å². The fourth-order valence-corrected chi connectivity index (χ4v) is 4.55. The minimum absolute atomic E-state index is 0.00497. The van der Waals surface area contributed by atoms with E-state index in [1.54, 1.807) is 32.4 Å². The van der Waals surface area contributed by atoms with Gasteiger partial charge in [-0.2, -0.15) is 15.8 Å². The Morgan fingerprint density at radius 1 is 1.17 bits per heavy atom. The number of ether oxygens (including phenoxy) is 2. The van der Waals surface area contributed by atoms with Crippen molar-refractivity contribution in [1.29, 1.82) is 15.8 Å². The van der Waals surface area contributed by atoms with Crippen LogP contribution in [0.25, 0.3) is 0 Å². The zero-order valence-corrected chi connectivity index (χ0v) is 17.6. The molecule has 30 heavy (non-hydrogen) atoms. The second-order valence-corrected chi connectivity index (χ2v) is 7.83. The zero-order chi connectivity index (χ0) is 22.1. The lowest BCUT2D eigenvalue weighted by Gasteiger charge is -2.46. The van der Waals surface area contributed by atoms with E-state index in [1.807, 2.05) is 6.08 Å². The minimum Gasteiger partial charge on any atom is -0.497 e. The molecule has 3 rings (SSSR count). The molecule has 0 bridgehead atoms. The van der Waals surface area contributed by atoms with E-state index in [2.05, 4.69) is 37.0 Å². The Balaban J connectivity index is 2.37. The van der Waals surface area contributed by atoms with E-state index in [0.717, 1.165) is 5.57 Å². The van der Waals surface area contributed by atoms with E-state index >= 15 is 0 Å². The summed E-state index contributed by atoms with van der Waals surface area (Å²) in [5.74, 6) is 0.238. The van der Waals surface area contributed by atoms with Crippen molar-refractivity contribution in [2.45, 2.75) is 25.8 Å². The predicted octanol–water partition coefficient (Wildman–Crippen LogP) is 2.84. The Bertz CT molecular complexity index is 1020. The molecular formula is C23H25N5O2. The minimum atomic E-state index is -1.70. The van der Waals surface area contributed by atoms with E-state index in [0.29, 0.717) is 30.2 Å². The summed E-state index contributed by atoms with van der Waals surface area (Å²) in [7, 11) is 3.11. The third-order valence-corrected chi connectivity index (χ3v) is 6.19. The molecular weight excluding hydrogens is 378 g/mol. The molecule has 2 atom stereocenters. The van der Waals surface area contributed by atoms with Crippen molar-refractivity contribution in [1.82, 2.24) is 4.90 Å². The lowest BCUT2D eigenvalue weighted by molar-refractivity contribution is 0.172. The molecule has 2 aliphatic rings. The highest BCUT2D eigenvalue weighted by Gasteiger charge is 2.55. The molecule has 1 aliphatic carbocycles. The number of allylic oxidation sites excluding steroid dienone is 2. The van der Waals surface area contributed by atoms with Crippen LogP contribution in [0.3, 0.4) is 0 Å². The molecule has 0 radical (unpaired) electrons. The molecule has 0 fully saturated rings. The van der Waals surface area contributed by atoms with Crippen molar-refractivity contribution in [2.24, 2.45) is 17.1 Å². The summed E-state index contributed by atoms with van der Waals surface area (Å²) in [4.78, 5) is 2.25. The maximum atomic E-state index is 10.2. The average Bonchev–Trinajstić information content (AvgIpc) is 2.77. The highest BCUT2D eigenvalue weighted by molar-refractivity contribution is 5.61. The normalized spacial score (nSPS) is 22.9. The van der Waals surface area contributed by atoms with Crippen molar-refractivity contribution in [3.8, 4) is 29.7 Å². The lowest BCUT2D eigenvalue weighted by atomic mass is 9.58. The average molecular weight is 403 g/mol. The summed E-state index contributed by atoms with van der Waals surface area (Å²) in [6.07, 6.45) is 2.00. The Labute approximate surface area is 177 Å². The predicted molar refractivity (Wildman–Crippen MR) is 111 cm³/mol. The van der Waals surface area contributed by atoms with Crippen molar-refractivity contribution in [2.75, 3.05) is 27.3 Å². The van der Waals surface area contributed by atoms with Crippen LogP contribution in [0.5, 0.6) is 11.5 Å². The van der Waals surface area contributed by atoms with Gasteiger partial charge < -0.3 is 15.2 Å². The molecule has 7 nitrogen and oxygen atoms in total. The Morgan fingerprint density at radius 3 is 2.40 bits per heavy atom. The third kappa shape index (κ3) is 3.07. The van der Waals surface area contributed by atoms with E-state index < -0.39 is 11.3 Å². The third-order valence-electron chi connectivity index (χ3n) is 6.19. The summed E-state index contributed by atoms with van der Waals surface area (Å²) in [6, 6.07) is 12.1. The first kappa shape index (κ1) is 21.2. The van der Waals surface area contributed by atoms with Crippen LogP contribution in [0.15, 0.2) is 41.1 Å². The van der Waals surface area contributed by atoms with E-state index in [4.69, 9.17) is 15.2 Å². The van der Waals surface area contributed by atoms with Crippen molar-refractivity contribution < 1.29 is 9.47 Å². The Morgan fingerprint density at radius 2 is 1.87 bits per heavy atom. The van der Waals surface area contributed by atoms with Gasteiger partial charge in [-0.25, -0.2) is 0 Å². The maximum Gasteiger partial charge on any atom is 0.191 e. The SMILES string of the molecule is COc1ccc(OC)c(C2C3CN(C(C)C)CC=C3C(C#N)=C(N)C2(C#N)C#N)c1. The molecule has 1 aromatic carbocycles. The van der Waals surface area contributed by atoms with Gasteiger partial charge in [0.1, 0.15) is 17.6 Å². The smallest absolute Gasteiger partial charge is 0.191 e. The van der Waals surface area contributed by atoms with E-state index in [-0.39, 0.29) is 23.2 Å². The van der Waals surface area contributed by atoms with Crippen LogP contribution < -0.4 is 15.2 Å². The van der Waals surface area contributed by atoms with Gasteiger partial charge in [0.05, 0.1) is 37.6 Å². The lowest BCUT2D eigenvalue weighted by Crippen LogP contribution is -2.49. The molecule has 0 saturated heterocycles. The number of nitriles is 3. The fourth-order valence-electron chi connectivity index (χ4n) is 4.55. The largest absolute Gasteiger partial charge is 0.497 e. The van der Waals surface area contributed by atoms with Gasteiger partial charge in [0.25, 0.3) is 0 Å². The first-order chi connectivity index (χ1) is 14.4. The number of hydrogen-bond donors (Lipinski definition) is 1. The molecule has 0 saturated carbocycles. The van der Waals surface area contributed by atoms with Gasteiger partial charge in [-0.1, -0.05) is 6.08 Å². The van der Waals surface area contributed by atoms with Gasteiger partial charge in [0.15, 0.2) is 5.41 Å². The Hall–Kier alpha value is -3.47. The van der Waals surface area contributed by atoms with Gasteiger partial charge in [-0.3, -0.25) is 4.90 Å². The molecule has 154 valence electrons. The van der Waals surface area contributed by atoms with Crippen LogP contribution in [-0.2, 0) is 0 Å². The van der Waals surface area contributed by atoms with Crippen LogP contribution in [0.4, 0.5) is 0 Å². The number of methoxy groups -OCH3 is 2. The van der Waals surface area contributed by atoms with Gasteiger partial charge in [-0.15, -0.1) is 0 Å². The molecule has 0 spiro atoms. The summed E-state index contributed by atoms with van der Waals surface area (Å²) < 4.78 is 11.0. The first-order valence-corrected chi connectivity index (χ1v) is 9.77. The second-order valence-electron chi connectivity index (χ2n) is 7.83. The van der Waals surface area contributed by atoms with E-state index in [1.165, 1.54) is 0 Å². The number of fused-ring (bicyclic) bond motifs is 1. The number of benzene rings is 1. The van der Waals surface area contributed by atoms with E-state index in [9.17, 15) is 15.8 Å². The van der Waals surface area contributed by atoms with Crippen molar-refractivity contribution in [3.63, 3.8) is 0 Å². The summed E-state index contributed by atoms with van der Waals surface area (Å²) >= 11 is 0. The molecule has 2 N–H and O–H groups in total. The van der Waals surface area contributed by atoms with Crippen LogP contribution >= 0.6 is 0 Å². The Kier molecular flexibility index (Phi) is 5.74. The second kappa shape index (κ2) is 8.11. The molecule has 0 aromatic heterocycles. The van der Waals surface area contributed by atoms with Gasteiger partial charge in [0.2, 0.25) is 0 Å². The molecule has 1 aromatic rings. The monoisotopic (exact) mass is 403 g/mol. The molecule has 1 aliphatic heterocycles. The van der Waals surface area contributed by atoms with Gasteiger partial charge in [0, 0.05) is 36.5 Å². The summed E-state index contributed by atoms with van der Waals surface area (Å²) in [5.41, 5.74) is 6.37. The van der Waals surface area contributed by atoms with Crippen LogP contribution in [0.1, 0.15) is 25.3 Å². The molecule has 0 amide bonds. The number of hydrogen-bond acceptors (Lipinski definition) is 7. The zero-order valence-electron chi connectivity index (χ0n) is 17.6. The number of rotatable bonds is 4. The maximum absolute atomic E-state index is 10.2. The van der Waals surface area contributed by atoms with Crippen molar-refractivity contribution in [3.05, 3.63) is 46.7 Å². The molecule has 1 heterocycles. The quantitative estimate of drug-likeness (QED) is 0.821. The topological polar surface area (TPSA) is 119 Å². The molecule has 7 heteroatoms. The first-order valence-electron chi connectivity index (χ1n) is 9.77. The van der Waals surface area contributed by atoms with Crippen LogP contribution in [-0.4, -0.2) is 38.3 Å². The highest BCUT2D eigenvalue weighted by atomic mass is 16.5. The van der Waals surface area contributed by atoms with Gasteiger partial charge in [-0.05, 0) is 37.6 Å². The van der Waals surface area contributed by atoms with Crippen LogP contribution in [0.2, 0.25) is 0 Å². The van der Waals surface area contributed by atoms with Crippen LogP contribution in [0, 0.1) is 45.3 Å². The fraction of sp³-hybridized carbons (Fsp3) is 0.435.